The quantitative estimate of drug-likeness (QED) is 0.242. The highest BCUT2D eigenvalue weighted by molar-refractivity contribution is 5.85. The second-order valence-corrected chi connectivity index (χ2v) is 9.83. The molecule has 3 heterocycles. The molecule has 7 heteroatoms. The van der Waals surface area contributed by atoms with E-state index in [4.69, 9.17) is 0 Å². The van der Waals surface area contributed by atoms with Crippen LogP contribution in [0.2, 0.25) is 0 Å². The zero-order valence-corrected chi connectivity index (χ0v) is 21.8. The zero-order chi connectivity index (χ0) is 27.3. The fourth-order valence-corrected chi connectivity index (χ4v) is 5.62. The van der Waals surface area contributed by atoms with Crippen molar-refractivity contribution in [3.05, 3.63) is 134 Å². The van der Waals surface area contributed by atoms with Crippen molar-refractivity contribution >= 4 is 33.1 Å². The van der Waals surface area contributed by atoms with Crippen LogP contribution in [0.1, 0.15) is 5.82 Å². The lowest BCUT2D eigenvalue weighted by Crippen LogP contribution is -2.02. The number of hydrogen-bond acceptors (Lipinski definition) is 4. The van der Waals surface area contributed by atoms with Gasteiger partial charge in [0.1, 0.15) is 18.7 Å². The molecule has 0 amide bonds. The van der Waals surface area contributed by atoms with Crippen LogP contribution in [0.5, 0.6) is 0 Å². The van der Waals surface area contributed by atoms with E-state index in [1.54, 1.807) is 0 Å². The van der Waals surface area contributed by atoms with E-state index in [1.807, 2.05) is 96.1 Å². The van der Waals surface area contributed by atoms with E-state index in [1.165, 1.54) is 0 Å². The van der Waals surface area contributed by atoms with Gasteiger partial charge in [0.15, 0.2) is 0 Å². The highest BCUT2D eigenvalue weighted by Crippen LogP contribution is 2.34. The number of nitrogens with zero attached hydrogens (tertiary/aromatic N) is 7. The van der Waals surface area contributed by atoms with Crippen LogP contribution in [0, 0.1) is 11.3 Å². The highest BCUT2D eigenvalue weighted by atomic mass is 15.1. The summed E-state index contributed by atoms with van der Waals surface area (Å²) in [5.74, 6) is 0.344. The van der Waals surface area contributed by atoms with Crippen molar-refractivity contribution in [1.82, 2.24) is 28.7 Å². The topological polar surface area (TPSA) is 77.2 Å². The minimum absolute atomic E-state index is 0.344. The van der Waals surface area contributed by atoms with Gasteiger partial charge < -0.3 is 0 Å². The first kappa shape index (κ1) is 22.9. The molecule has 0 spiro atoms. The average Bonchev–Trinajstić information content (AvgIpc) is 3.76. The molecule has 0 aliphatic rings. The van der Waals surface area contributed by atoms with E-state index in [0.717, 1.165) is 61.3 Å². The maximum Gasteiger partial charge on any atom is 0.218 e. The number of nitriles is 1. The van der Waals surface area contributed by atoms with E-state index >= 15 is 0 Å². The van der Waals surface area contributed by atoms with Crippen molar-refractivity contribution < 1.29 is 0 Å². The summed E-state index contributed by atoms with van der Waals surface area (Å²) in [4.78, 5) is 13.9. The van der Waals surface area contributed by atoms with Crippen molar-refractivity contribution in [3.8, 4) is 34.3 Å². The van der Waals surface area contributed by atoms with Crippen molar-refractivity contribution in [1.29, 1.82) is 5.26 Å². The van der Waals surface area contributed by atoms with Crippen LogP contribution in [0.4, 0.5) is 0 Å². The Bertz CT molecular complexity index is 2200. The monoisotopic (exact) mass is 527 g/mol. The van der Waals surface area contributed by atoms with Gasteiger partial charge in [-0.3, -0.25) is 13.7 Å². The van der Waals surface area contributed by atoms with Crippen molar-refractivity contribution in [2.45, 2.75) is 0 Å². The Morgan fingerprint density at radius 3 is 1.73 bits per heavy atom. The molecule has 41 heavy (non-hydrogen) atoms. The summed E-state index contributed by atoms with van der Waals surface area (Å²) in [6, 6.07) is 41.0. The average molecular weight is 528 g/mol. The first-order chi connectivity index (χ1) is 20.3. The van der Waals surface area contributed by atoms with E-state index in [2.05, 4.69) is 66.6 Å². The molecular weight excluding hydrogens is 506 g/mol. The smallest absolute Gasteiger partial charge is 0.218 e. The van der Waals surface area contributed by atoms with Gasteiger partial charge in [0.2, 0.25) is 5.82 Å². The lowest BCUT2D eigenvalue weighted by Gasteiger charge is -2.16. The number of rotatable bonds is 4. The summed E-state index contributed by atoms with van der Waals surface area (Å²) in [6.07, 6.45) is 3.73. The van der Waals surface area contributed by atoms with E-state index in [-0.39, 0.29) is 0 Å². The minimum Gasteiger partial charge on any atom is -0.299 e. The van der Waals surface area contributed by atoms with Gasteiger partial charge in [-0.15, -0.1) is 0 Å². The zero-order valence-electron chi connectivity index (χ0n) is 21.8. The third-order valence-corrected chi connectivity index (χ3v) is 7.48. The van der Waals surface area contributed by atoms with Crippen LogP contribution in [0.25, 0.3) is 61.3 Å². The van der Waals surface area contributed by atoms with Crippen molar-refractivity contribution in [2.75, 3.05) is 0 Å². The number of aromatic nitrogens is 6. The van der Waals surface area contributed by atoms with Gasteiger partial charge in [-0.1, -0.05) is 54.6 Å². The number of para-hydroxylation sites is 7. The van der Waals surface area contributed by atoms with Gasteiger partial charge in [0.25, 0.3) is 0 Å². The summed E-state index contributed by atoms with van der Waals surface area (Å²) >= 11 is 0. The van der Waals surface area contributed by atoms with Gasteiger partial charge in [0, 0.05) is 16.9 Å². The van der Waals surface area contributed by atoms with E-state index < -0.39 is 0 Å². The number of benzene rings is 5. The Morgan fingerprint density at radius 2 is 1.10 bits per heavy atom. The fourth-order valence-electron chi connectivity index (χ4n) is 5.62. The predicted octanol–water partition coefficient (Wildman–Crippen LogP) is 7.24. The van der Waals surface area contributed by atoms with Crippen LogP contribution < -0.4 is 0 Å². The normalized spacial score (nSPS) is 11.4. The number of imidazole rings is 3. The molecule has 8 aromatic rings. The Hall–Kier alpha value is -6.00. The molecule has 192 valence electrons. The summed E-state index contributed by atoms with van der Waals surface area (Å²) in [6.45, 7) is 0. The molecular formula is C34H21N7. The Labute approximate surface area is 234 Å². The SMILES string of the molecule is N#Cc1nc2ccccc2n1-c1ccccc1-c1cc(-n2cnc3ccccc32)cc(-n2cnc3ccccc32)c1. The van der Waals surface area contributed by atoms with E-state index in [0.29, 0.717) is 5.82 Å². The maximum absolute atomic E-state index is 10.0. The first-order valence-corrected chi connectivity index (χ1v) is 13.3. The van der Waals surface area contributed by atoms with Crippen molar-refractivity contribution in [2.24, 2.45) is 0 Å². The molecule has 5 aromatic carbocycles. The van der Waals surface area contributed by atoms with Crippen LogP contribution in [0.15, 0.2) is 128 Å². The lowest BCUT2D eigenvalue weighted by atomic mass is 10.0. The predicted molar refractivity (Wildman–Crippen MR) is 160 cm³/mol. The molecule has 0 saturated carbocycles. The van der Waals surface area contributed by atoms with Crippen LogP contribution in [0.3, 0.4) is 0 Å². The Kier molecular flexibility index (Phi) is 5.06. The molecule has 0 saturated heterocycles. The Morgan fingerprint density at radius 1 is 0.561 bits per heavy atom. The number of hydrogen-bond donors (Lipinski definition) is 0. The maximum atomic E-state index is 10.0. The van der Waals surface area contributed by atoms with Gasteiger partial charge in [-0.2, -0.15) is 5.26 Å². The van der Waals surface area contributed by atoms with Crippen LogP contribution in [-0.2, 0) is 0 Å². The largest absolute Gasteiger partial charge is 0.299 e. The molecule has 8 rings (SSSR count). The standard InChI is InChI=1S/C34H21N7/c35-20-34-38-29-12-4-8-16-33(29)41(34)30-13-5-1-9-26(30)23-17-24(39-21-36-27-10-2-6-14-31(27)39)19-25(18-23)40-22-37-28-11-3-7-15-32(28)40/h1-19,21-22H. The van der Waals surface area contributed by atoms with Gasteiger partial charge >= 0.3 is 0 Å². The summed E-state index contributed by atoms with van der Waals surface area (Å²) in [7, 11) is 0. The fraction of sp³-hybridized carbons (Fsp3) is 0. The molecule has 0 N–H and O–H groups in total. The molecule has 0 aliphatic heterocycles. The molecule has 7 nitrogen and oxygen atoms in total. The van der Waals surface area contributed by atoms with Gasteiger partial charge in [-0.25, -0.2) is 15.0 Å². The third kappa shape index (κ3) is 3.63. The minimum atomic E-state index is 0.344. The van der Waals surface area contributed by atoms with Gasteiger partial charge in [0.05, 0.1) is 38.8 Å². The summed E-state index contributed by atoms with van der Waals surface area (Å²) < 4.78 is 6.16. The first-order valence-electron chi connectivity index (χ1n) is 13.3. The van der Waals surface area contributed by atoms with Crippen molar-refractivity contribution in [3.63, 3.8) is 0 Å². The molecule has 0 bridgehead atoms. The summed E-state index contributed by atoms with van der Waals surface area (Å²) in [5.41, 5.74) is 10.3. The molecule has 0 atom stereocenters. The summed E-state index contributed by atoms with van der Waals surface area (Å²) in [5, 5.41) is 10.0. The Balaban J connectivity index is 1.42. The lowest BCUT2D eigenvalue weighted by molar-refractivity contribution is 1.05. The highest BCUT2D eigenvalue weighted by Gasteiger charge is 2.18. The second-order valence-electron chi connectivity index (χ2n) is 9.83. The third-order valence-electron chi connectivity index (χ3n) is 7.48. The molecule has 0 unspecified atom stereocenters. The van der Waals surface area contributed by atoms with Crippen LogP contribution >= 0.6 is 0 Å². The van der Waals surface area contributed by atoms with E-state index in [9.17, 15) is 5.26 Å². The van der Waals surface area contributed by atoms with Gasteiger partial charge in [-0.05, 0) is 66.2 Å². The molecule has 3 aromatic heterocycles. The van der Waals surface area contributed by atoms with Crippen LogP contribution in [-0.4, -0.2) is 28.7 Å². The molecule has 0 fully saturated rings. The second kappa shape index (κ2) is 9.04. The number of fused-ring (bicyclic) bond motifs is 3. The molecule has 0 aliphatic carbocycles. The molecule has 0 radical (unpaired) electrons.